The Labute approximate surface area is 116 Å². The molecule has 2 nitrogen and oxygen atoms in total. The highest BCUT2D eigenvalue weighted by molar-refractivity contribution is 5.56. The third kappa shape index (κ3) is 2.38. The number of rotatable bonds is 3. The number of likely N-dealkylation sites (tertiary alicyclic amines) is 1. The average molecular weight is 256 g/mol. The van der Waals surface area contributed by atoms with Gasteiger partial charge in [-0.1, -0.05) is 12.1 Å². The minimum Gasteiger partial charge on any atom is -0.381 e. The van der Waals surface area contributed by atoms with Crippen molar-refractivity contribution in [2.45, 2.75) is 57.0 Å². The summed E-state index contributed by atoms with van der Waals surface area (Å²) >= 11 is 0. The second kappa shape index (κ2) is 4.82. The summed E-state index contributed by atoms with van der Waals surface area (Å²) in [5.74, 6) is 0. The van der Waals surface area contributed by atoms with E-state index >= 15 is 0 Å². The Hall–Kier alpha value is -1.02. The molecule has 1 N–H and O–H groups in total. The molecule has 1 aliphatic heterocycles. The second-order valence-corrected chi connectivity index (χ2v) is 6.51. The van der Waals surface area contributed by atoms with E-state index in [1.165, 1.54) is 63.7 Å². The zero-order chi connectivity index (χ0) is 12.7. The van der Waals surface area contributed by atoms with Crippen LogP contribution >= 0.6 is 0 Å². The van der Waals surface area contributed by atoms with Crippen molar-refractivity contribution >= 4 is 5.69 Å². The summed E-state index contributed by atoms with van der Waals surface area (Å²) in [5.41, 5.74) is 4.63. The SMILES string of the molecule is c1cc2c(c(NC3CCN(C4CC4)C3)c1)CCCC2. The molecule has 2 aliphatic carbocycles. The highest BCUT2D eigenvalue weighted by atomic mass is 15.2. The van der Waals surface area contributed by atoms with Crippen LogP contribution in [0.2, 0.25) is 0 Å². The Morgan fingerprint density at radius 3 is 2.84 bits per heavy atom. The van der Waals surface area contributed by atoms with Crippen LogP contribution in [-0.4, -0.2) is 30.1 Å². The van der Waals surface area contributed by atoms with Crippen molar-refractivity contribution in [3.63, 3.8) is 0 Å². The van der Waals surface area contributed by atoms with Crippen molar-refractivity contribution in [3.05, 3.63) is 29.3 Å². The Kier molecular flexibility index (Phi) is 2.99. The van der Waals surface area contributed by atoms with Gasteiger partial charge in [0.15, 0.2) is 0 Å². The quantitative estimate of drug-likeness (QED) is 0.893. The first-order valence-corrected chi connectivity index (χ1v) is 8.01. The van der Waals surface area contributed by atoms with Gasteiger partial charge in [0.25, 0.3) is 0 Å². The van der Waals surface area contributed by atoms with Gasteiger partial charge in [0.1, 0.15) is 0 Å². The van der Waals surface area contributed by atoms with Gasteiger partial charge in [-0.05, 0) is 62.1 Å². The fourth-order valence-electron chi connectivity index (χ4n) is 3.81. The minimum atomic E-state index is 0.675. The molecule has 0 amide bonds. The average Bonchev–Trinajstić information content (AvgIpc) is 3.20. The topological polar surface area (TPSA) is 15.3 Å². The third-order valence-corrected chi connectivity index (χ3v) is 5.04. The lowest BCUT2D eigenvalue weighted by Gasteiger charge is -2.23. The molecule has 102 valence electrons. The summed E-state index contributed by atoms with van der Waals surface area (Å²) < 4.78 is 0. The zero-order valence-corrected chi connectivity index (χ0v) is 11.7. The predicted octanol–water partition coefficient (Wildman–Crippen LogP) is 3.21. The van der Waals surface area contributed by atoms with E-state index in [1.54, 1.807) is 11.1 Å². The fourth-order valence-corrected chi connectivity index (χ4v) is 3.81. The predicted molar refractivity (Wildman–Crippen MR) is 79.7 cm³/mol. The highest BCUT2D eigenvalue weighted by Crippen LogP contribution is 2.32. The largest absolute Gasteiger partial charge is 0.381 e. The van der Waals surface area contributed by atoms with Crippen LogP contribution in [0.3, 0.4) is 0 Å². The van der Waals surface area contributed by atoms with Crippen LogP contribution in [0, 0.1) is 0 Å². The van der Waals surface area contributed by atoms with Crippen LogP contribution < -0.4 is 5.32 Å². The molecule has 1 aromatic rings. The van der Waals surface area contributed by atoms with Crippen LogP contribution in [0.1, 0.15) is 43.2 Å². The van der Waals surface area contributed by atoms with Crippen LogP contribution in [0.4, 0.5) is 5.69 Å². The molecule has 4 rings (SSSR count). The Bertz CT molecular complexity index is 464. The molecule has 3 aliphatic rings. The van der Waals surface area contributed by atoms with Gasteiger partial charge in [-0.25, -0.2) is 0 Å². The molecule has 1 atom stereocenters. The summed E-state index contributed by atoms with van der Waals surface area (Å²) in [6, 6.07) is 8.46. The molecule has 1 aromatic carbocycles. The van der Waals surface area contributed by atoms with E-state index in [9.17, 15) is 0 Å². The number of hydrogen-bond donors (Lipinski definition) is 1. The Morgan fingerprint density at radius 1 is 1.05 bits per heavy atom. The molecular weight excluding hydrogens is 232 g/mol. The molecule has 0 spiro atoms. The lowest BCUT2D eigenvalue weighted by atomic mass is 9.90. The van der Waals surface area contributed by atoms with E-state index < -0.39 is 0 Å². The van der Waals surface area contributed by atoms with Crippen molar-refractivity contribution in [2.75, 3.05) is 18.4 Å². The molecule has 2 heteroatoms. The Balaban J connectivity index is 1.47. The van der Waals surface area contributed by atoms with Crippen molar-refractivity contribution in [3.8, 4) is 0 Å². The van der Waals surface area contributed by atoms with Crippen molar-refractivity contribution in [2.24, 2.45) is 0 Å². The molecule has 0 bridgehead atoms. The van der Waals surface area contributed by atoms with Gasteiger partial charge in [0.05, 0.1) is 0 Å². The van der Waals surface area contributed by atoms with Gasteiger partial charge >= 0.3 is 0 Å². The van der Waals surface area contributed by atoms with Gasteiger partial charge in [-0.3, -0.25) is 4.90 Å². The van der Waals surface area contributed by atoms with Gasteiger partial charge in [-0.15, -0.1) is 0 Å². The maximum absolute atomic E-state index is 3.84. The van der Waals surface area contributed by atoms with Crippen molar-refractivity contribution in [1.29, 1.82) is 0 Å². The number of fused-ring (bicyclic) bond motifs is 1. The van der Waals surface area contributed by atoms with Gasteiger partial charge in [-0.2, -0.15) is 0 Å². The van der Waals surface area contributed by atoms with Gasteiger partial charge in [0, 0.05) is 30.9 Å². The van der Waals surface area contributed by atoms with Crippen molar-refractivity contribution < 1.29 is 0 Å². The first kappa shape index (κ1) is 11.8. The number of nitrogens with zero attached hydrogens (tertiary/aromatic N) is 1. The fraction of sp³-hybridized carbons (Fsp3) is 0.647. The first-order valence-electron chi connectivity index (χ1n) is 8.01. The minimum absolute atomic E-state index is 0.675. The van der Waals surface area contributed by atoms with Gasteiger partial charge in [0.2, 0.25) is 0 Å². The number of anilines is 1. The normalized spacial score (nSPS) is 27.3. The molecule has 1 heterocycles. The molecular formula is C17H24N2. The van der Waals surface area contributed by atoms with E-state index in [0.717, 1.165) is 6.04 Å². The van der Waals surface area contributed by atoms with E-state index in [0.29, 0.717) is 6.04 Å². The van der Waals surface area contributed by atoms with E-state index in [-0.39, 0.29) is 0 Å². The second-order valence-electron chi connectivity index (χ2n) is 6.51. The van der Waals surface area contributed by atoms with Crippen molar-refractivity contribution in [1.82, 2.24) is 4.90 Å². The summed E-state index contributed by atoms with van der Waals surface area (Å²) in [6.07, 6.45) is 9.49. The standard InChI is InChI=1S/C17H24N2/c1-2-6-16-13(4-1)5-3-7-17(16)18-14-10-11-19(12-14)15-8-9-15/h3,5,7,14-15,18H,1-2,4,6,8-12H2. The molecule has 0 radical (unpaired) electrons. The van der Waals surface area contributed by atoms with Crippen LogP contribution in [0.15, 0.2) is 18.2 Å². The number of nitrogens with one attached hydrogen (secondary N) is 1. The monoisotopic (exact) mass is 256 g/mol. The highest BCUT2D eigenvalue weighted by Gasteiger charge is 2.34. The first-order chi connectivity index (χ1) is 9.40. The number of hydrogen-bond acceptors (Lipinski definition) is 2. The van der Waals surface area contributed by atoms with Crippen LogP contribution in [-0.2, 0) is 12.8 Å². The summed E-state index contributed by atoms with van der Waals surface area (Å²) in [6.45, 7) is 2.56. The molecule has 1 unspecified atom stereocenters. The van der Waals surface area contributed by atoms with E-state index in [1.807, 2.05) is 0 Å². The lowest BCUT2D eigenvalue weighted by Crippen LogP contribution is -2.28. The molecule has 1 saturated carbocycles. The maximum Gasteiger partial charge on any atom is 0.0400 e. The zero-order valence-electron chi connectivity index (χ0n) is 11.7. The third-order valence-electron chi connectivity index (χ3n) is 5.04. The Morgan fingerprint density at radius 2 is 1.95 bits per heavy atom. The lowest BCUT2D eigenvalue weighted by molar-refractivity contribution is 0.326. The maximum atomic E-state index is 3.84. The number of benzene rings is 1. The van der Waals surface area contributed by atoms with E-state index in [2.05, 4.69) is 28.4 Å². The molecule has 19 heavy (non-hydrogen) atoms. The van der Waals surface area contributed by atoms with E-state index in [4.69, 9.17) is 0 Å². The smallest absolute Gasteiger partial charge is 0.0400 e. The molecule has 1 saturated heterocycles. The number of aryl methyl sites for hydroxylation is 1. The van der Waals surface area contributed by atoms with Crippen LogP contribution in [0.5, 0.6) is 0 Å². The summed E-state index contributed by atoms with van der Waals surface area (Å²) in [7, 11) is 0. The molecule has 2 fully saturated rings. The van der Waals surface area contributed by atoms with Crippen LogP contribution in [0.25, 0.3) is 0 Å². The van der Waals surface area contributed by atoms with Gasteiger partial charge < -0.3 is 5.32 Å². The summed E-state index contributed by atoms with van der Waals surface area (Å²) in [4.78, 5) is 2.69. The summed E-state index contributed by atoms with van der Waals surface area (Å²) in [5, 5.41) is 3.84. The molecule has 0 aromatic heterocycles.